The van der Waals surface area contributed by atoms with E-state index in [1.54, 1.807) is 38.4 Å². The van der Waals surface area contributed by atoms with Crippen LogP contribution in [0.15, 0.2) is 42.5 Å². The Morgan fingerprint density at radius 3 is 2.32 bits per heavy atom. The van der Waals surface area contributed by atoms with Crippen LogP contribution in [0.3, 0.4) is 0 Å². The highest BCUT2D eigenvalue weighted by Gasteiger charge is 2.38. The van der Waals surface area contributed by atoms with E-state index in [0.717, 1.165) is 20.8 Å². The predicted octanol–water partition coefficient (Wildman–Crippen LogP) is 5.88. The van der Waals surface area contributed by atoms with Gasteiger partial charge in [-0.25, -0.2) is 4.98 Å². The molecule has 28 heavy (non-hydrogen) atoms. The highest BCUT2D eigenvalue weighted by Crippen LogP contribution is 2.61. The summed E-state index contributed by atoms with van der Waals surface area (Å²) in [6.07, 6.45) is 0. The van der Waals surface area contributed by atoms with Gasteiger partial charge in [-0.2, -0.15) is 0 Å². The minimum atomic E-state index is -3.50. The predicted molar refractivity (Wildman–Crippen MR) is 112 cm³/mol. The zero-order valence-corrected chi connectivity index (χ0v) is 18.1. The second kappa shape index (κ2) is 9.16. The Labute approximate surface area is 169 Å². The third kappa shape index (κ3) is 4.14. The molecule has 1 heterocycles. The van der Waals surface area contributed by atoms with Gasteiger partial charge < -0.3 is 18.5 Å². The van der Waals surface area contributed by atoms with E-state index in [2.05, 4.69) is 0 Å². The molecular formula is C20H24NO5PS. The first kappa shape index (κ1) is 21.0. The molecular weight excluding hydrogens is 397 g/mol. The lowest BCUT2D eigenvalue weighted by atomic mass is 10.2. The average Bonchev–Trinajstić information content (AvgIpc) is 3.13. The van der Waals surface area contributed by atoms with Gasteiger partial charge in [-0.3, -0.25) is 4.57 Å². The zero-order valence-electron chi connectivity index (χ0n) is 16.4. The molecule has 0 saturated carbocycles. The van der Waals surface area contributed by atoms with Gasteiger partial charge in [0.1, 0.15) is 16.3 Å². The summed E-state index contributed by atoms with van der Waals surface area (Å²) < 4.78 is 36.3. The summed E-state index contributed by atoms with van der Waals surface area (Å²) in [6, 6.07) is 13.7. The van der Waals surface area contributed by atoms with Gasteiger partial charge in [0.2, 0.25) is 0 Å². The van der Waals surface area contributed by atoms with Crippen molar-refractivity contribution in [2.45, 2.75) is 19.7 Å². The van der Waals surface area contributed by atoms with Gasteiger partial charge in [0, 0.05) is 12.7 Å². The smallest absolute Gasteiger partial charge is 0.363 e. The number of methoxy groups -OCH3 is 2. The number of hydrogen-bond acceptors (Lipinski definition) is 7. The lowest BCUT2D eigenvalue weighted by molar-refractivity contribution is 0.109. The van der Waals surface area contributed by atoms with Crippen LogP contribution in [0, 0.1) is 0 Å². The normalized spacial score (nSPS) is 13.0. The Balaban J connectivity index is 2.12. The van der Waals surface area contributed by atoms with Gasteiger partial charge in [0.05, 0.1) is 25.0 Å². The molecule has 0 bridgehead atoms. The fourth-order valence-electron chi connectivity index (χ4n) is 3.00. The second-order valence-corrected chi connectivity index (χ2v) is 9.01. The van der Waals surface area contributed by atoms with E-state index in [9.17, 15) is 4.57 Å². The van der Waals surface area contributed by atoms with Crippen molar-refractivity contribution in [2.24, 2.45) is 0 Å². The van der Waals surface area contributed by atoms with Crippen LogP contribution in [0.1, 0.15) is 25.3 Å². The Kier molecular flexibility index (Phi) is 6.86. The maximum absolute atomic E-state index is 13.3. The summed E-state index contributed by atoms with van der Waals surface area (Å²) in [5.41, 5.74) is 2.46. The SMILES string of the molecule is CCOP(=O)(OCC)C(OC)c1cc(OC)c2nc(-c3ccccc3)sc2c1. The summed E-state index contributed by atoms with van der Waals surface area (Å²) in [7, 11) is -0.421. The van der Waals surface area contributed by atoms with Gasteiger partial charge in [-0.15, -0.1) is 11.3 Å². The molecule has 1 unspecified atom stereocenters. The molecule has 1 atom stereocenters. The van der Waals surface area contributed by atoms with E-state index in [1.165, 1.54) is 7.11 Å². The quantitative estimate of drug-likeness (QED) is 0.402. The molecule has 0 fully saturated rings. The maximum Gasteiger partial charge on any atom is 0.363 e. The van der Waals surface area contributed by atoms with Crippen molar-refractivity contribution in [3.05, 3.63) is 48.0 Å². The van der Waals surface area contributed by atoms with E-state index in [1.807, 2.05) is 36.4 Å². The number of fused-ring (bicyclic) bond motifs is 1. The minimum Gasteiger partial charge on any atom is -0.494 e. The van der Waals surface area contributed by atoms with Crippen LogP contribution in [0.25, 0.3) is 20.8 Å². The van der Waals surface area contributed by atoms with Crippen molar-refractivity contribution in [1.82, 2.24) is 4.98 Å². The lowest BCUT2D eigenvalue weighted by Crippen LogP contribution is -2.09. The monoisotopic (exact) mass is 421 g/mol. The Morgan fingerprint density at radius 2 is 1.75 bits per heavy atom. The maximum atomic E-state index is 13.3. The number of ether oxygens (including phenoxy) is 2. The number of aromatic nitrogens is 1. The first-order valence-corrected chi connectivity index (χ1v) is 11.4. The molecule has 1 aromatic heterocycles. The highest BCUT2D eigenvalue weighted by molar-refractivity contribution is 7.54. The standard InChI is InChI=1S/C20H24NO5PS/c1-5-25-27(22,26-6-2)20(24-4)15-12-16(23-3)18-17(13-15)28-19(21-18)14-10-8-7-9-11-14/h7-13,20H,5-6H2,1-4H3. The highest BCUT2D eigenvalue weighted by atomic mass is 32.1. The van der Waals surface area contributed by atoms with E-state index < -0.39 is 13.4 Å². The van der Waals surface area contributed by atoms with Crippen LogP contribution in [0.5, 0.6) is 5.75 Å². The van der Waals surface area contributed by atoms with E-state index >= 15 is 0 Å². The van der Waals surface area contributed by atoms with Crippen LogP contribution in [0.4, 0.5) is 0 Å². The first-order valence-electron chi connectivity index (χ1n) is 9.01. The largest absolute Gasteiger partial charge is 0.494 e. The number of nitrogens with zero attached hydrogens (tertiary/aromatic N) is 1. The van der Waals surface area contributed by atoms with Crippen molar-refractivity contribution in [1.29, 1.82) is 0 Å². The molecule has 6 nitrogen and oxygen atoms in total. The van der Waals surface area contributed by atoms with Crippen molar-refractivity contribution in [3.8, 4) is 16.3 Å². The molecule has 3 rings (SSSR count). The molecule has 0 aliphatic heterocycles. The number of benzene rings is 2. The summed E-state index contributed by atoms with van der Waals surface area (Å²) >= 11 is 1.54. The summed E-state index contributed by atoms with van der Waals surface area (Å²) in [4.78, 5) is 4.74. The fourth-order valence-corrected chi connectivity index (χ4v) is 5.88. The van der Waals surface area contributed by atoms with Gasteiger partial charge in [-0.1, -0.05) is 30.3 Å². The Hall–Kier alpha value is -1.76. The lowest BCUT2D eigenvalue weighted by Gasteiger charge is -2.25. The van der Waals surface area contributed by atoms with Crippen LogP contribution < -0.4 is 4.74 Å². The Morgan fingerprint density at radius 1 is 1.07 bits per heavy atom. The third-order valence-corrected chi connectivity index (χ3v) is 7.51. The van der Waals surface area contributed by atoms with E-state index in [4.69, 9.17) is 23.5 Å². The summed E-state index contributed by atoms with van der Waals surface area (Å²) in [6.45, 7) is 4.07. The summed E-state index contributed by atoms with van der Waals surface area (Å²) in [5, 5.41) is 0.887. The van der Waals surface area contributed by atoms with Crippen LogP contribution in [-0.2, 0) is 18.3 Å². The van der Waals surface area contributed by atoms with E-state index in [0.29, 0.717) is 11.3 Å². The molecule has 3 aromatic rings. The molecule has 150 valence electrons. The topological polar surface area (TPSA) is 66.9 Å². The molecule has 0 aliphatic rings. The number of rotatable bonds is 9. The van der Waals surface area contributed by atoms with Crippen molar-refractivity contribution < 1.29 is 23.1 Å². The molecule has 0 saturated heterocycles. The summed E-state index contributed by atoms with van der Waals surface area (Å²) in [5.74, 6) is -0.263. The molecule has 0 amide bonds. The average molecular weight is 421 g/mol. The van der Waals surface area contributed by atoms with E-state index in [-0.39, 0.29) is 13.2 Å². The number of hydrogen-bond donors (Lipinski definition) is 0. The van der Waals surface area contributed by atoms with Crippen molar-refractivity contribution in [3.63, 3.8) is 0 Å². The molecule has 0 N–H and O–H groups in total. The molecule has 0 spiro atoms. The van der Waals surface area contributed by atoms with Crippen molar-refractivity contribution in [2.75, 3.05) is 27.4 Å². The van der Waals surface area contributed by atoms with Crippen LogP contribution >= 0.6 is 18.9 Å². The van der Waals surface area contributed by atoms with Gasteiger partial charge in [-0.05, 0) is 31.5 Å². The zero-order chi connectivity index (χ0) is 20.1. The number of thiazole rings is 1. The molecule has 0 aliphatic carbocycles. The minimum absolute atomic E-state index is 0.259. The molecule has 0 radical (unpaired) electrons. The van der Waals surface area contributed by atoms with Crippen LogP contribution in [0.2, 0.25) is 0 Å². The second-order valence-electron chi connectivity index (χ2n) is 5.92. The third-order valence-electron chi connectivity index (χ3n) is 4.14. The van der Waals surface area contributed by atoms with Gasteiger partial charge >= 0.3 is 7.60 Å². The van der Waals surface area contributed by atoms with Crippen molar-refractivity contribution >= 4 is 29.1 Å². The van der Waals surface area contributed by atoms with Gasteiger partial charge in [0.25, 0.3) is 0 Å². The van der Waals surface area contributed by atoms with Crippen LogP contribution in [-0.4, -0.2) is 32.4 Å². The van der Waals surface area contributed by atoms with Gasteiger partial charge in [0.15, 0.2) is 5.85 Å². The molecule has 2 aromatic carbocycles. The Bertz CT molecular complexity index is 965. The first-order chi connectivity index (χ1) is 13.6. The fraction of sp³-hybridized carbons (Fsp3) is 0.350. The molecule has 8 heteroatoms.